The molecule has 0 saturated carbocycles. The summed E-state index contributed by atoms with van der Waals surface area (Å²) in [5.41, 5.74) is 0. The average Bonchev–Trinajstić information content (AvgIpc) is 2.88. The lowest BCUT2D eigenvalue weighted by Crippen LogP contribution is -2.35. The highest BCUT2D eigenvalue weighted by atomic mass is 32.2. The van der Waals surface area contributed by atoms with E-state index in [9.17, 15) is 8.42 Å². The molecule has 7 heteroatoms. The van der Waals surface area contributed by atoms with Crippen LogP contribution in [0.3, 0.4) is 0 Å². The first kappa shape index (κ1) is 14.5. The Labute approximate surface area is 114 Å². The third-order valence-electron chi connectivity index (χ3n) is 3.15. The van der Waals surface area contributed by atoms with Crippen LogP contribution in [0.25, 0.3) is 0 Å². The summed E-state index contributed by atoms with van der Waals surface area (Å²) in [7, 11) is -3.22. The fourth-order valence-electron chi connectivity index (χ4n) is 2.15. The summed E-state index contributed by atoms with van der Waals surface area (Å²) in [6, 6.07) is 0. The zero-order valence-corrected chi connectivity index (χ0v) is 11.8. The van der Waals surface area contributed by atoms with Gasteiger partial charge in [0.25, 0.3) is 0 Å². The number of rotatable bonds is 7. The average molecular weight is 287 g/mol. The van der Waals surface area contributed by atoms with Gasteiger partial charge in [0, 0.05) is 32.1 Å². The maximum absolute atomic E-state index is 11.8. The summed E-state index contributed by atoms with van der Waals surface area (Å²) in [6.45, 7) is 1.90. The number of imidazole rings is 1. The van der Waals surface area contributed by atoms with E-state index in [1.165, 1.54) is 0 Å². The van der Waals surface area contributed by atoms with Crippen molar-refractivity contribution in [3.05, 3.63) is 18.7 Å². The van der Waals surface area contributed by atoms with Crippen molar-refractivity contribution in [2.45, 2.75) is 38.3 Å². The molecule has 0 bridgehead atoms. The van der Waals surface area contributed by atoms with E-state index in [1.807, 2.05) is 10.8 Å². The number of sulfonamides is 1. The van der Waals surface area contributed by atoms with Crippen LogP contribution in [0.15, 0.2) is 18.7 Å². The predicted molar refractivity (Wildman–Crippen MR) is 72.2 cm³/mol. The Hall–Kier alpha value is -0.920. The van der Waals surface area contributed by atoms with E-state index >= 15 is 0 Å². The Kier molecular flexibility index (Phi) is 5.35. The number of ether oxygens (including phenoxy) is 1. The quantitative estimate of drug-likeness (QED) is 0.752. The third-order valence-corrected chi connectivity index (χ3v) is 4.61. The van der Waals surface area contributed by atoms with Crippen LogP contribution >= 0.6 is 0 Å². The third kappa shape index (κ3) is 5.30. The maximum Gasteiger partial charge on any atom is 0.214 e. The fourth-order valence-corrected chi connectivity index (χ4v) is 3.48. The number of hydrogen-bond donors (Lipinski definition) is 1. The molecule has 108 valence electrons. The normalized spacial score (nSPS) is 20.5. The van der Waals surface area contributed by atoms with E-state index in [0.717, 1.165) is 32.2 Å². The van der Waals surface area contributed by atoms with Crippen LogP contribution in [-0.2, 0) is 21.3 Å². The number of nitrogens with zero attached hydrogens (tertiary/aromatic N) is 2. The van der Waals surface area contributed by atoms with Gasteiger partial charge in [0.15, 0.2) is 0 Å². The van der Waals surface area contributed by atoms with Crippen molar-refractivity contribution < 1.29 is 13.2 Å². The molecule has 0 unspecified atom stereocenters. The van der Waals surface area contributed by atoms with Gasteiger partial charge in [-0.2, -0.15) is 0 Å². The number of aromatic nitrogens is 2. The van der Waals surface area contributed by atoms with Crippen molar-refractivity contribution in [3.8, 4) is 0 Å². The zero-order valence-electron chi connectivity index (χ0n) is 11.0. The van der Waals surface area contributed by atoms with Crippen LogP contribution in [0.2, 0.25) is 0 Å². The van der Waals surface area contributed by atoms with Crippen molar-refractivity contribution in [3.63, 3.8) is 0 Å². The monoisotopic (exact) mass is 287 g/mol. The minimum atomic E-state index is -3.22. The molecule has 1 saturated heterocycles. The molecule has 0 spiro atoms. The van der Waals surface area contributed by atoms with Gasteiger partial charge >= 0.3 is 0 Å². The smallest absolute Gasteiger partial charge is 0.214 e. The molecule has 0 amide bonds. The van der Waals surface area contributed by atoms with E-state index in [0.29, 0.717) is 13.2 Å². The summed E-state index contributed by atoms with van der Waals surface area (Å²) in [4.78, 5) is 3.93. The molecule has 1 aliphatic rings. The molecule has 2 heterocycles. The highest BCUT2D eigenvalue weighted by Crippen LogP contribution is 2.13. The molecule has 1 aliphatic heterocycles. The van der Waals surface area contributed by atoms with Gasteiger partial charge in [-0.3, -0.25) is 0 Å². The first-order valence-corrected chi connectivity index (χ1v) is 8.36. The lowest BCUT2D eigenvalue weighted by Gasteiger charge is -2.22. The first-order chi connectivity index (χ1) is 9.16. The van der Waals surface area contributed by atoms with Crippen molar-refractivity contribution in [2.75, 3.05) is 18.9 Å². The summed E-state index contributed by atoms with van der Waals surface area (Å²) in [5, 5.41) is 0. The van der Waals surface area contributed by atoms with Gasteiger partial charge in [0.1, 0.15) is 0 Å². The Morgan fingerprint density at radius 2 is 2.32 bits per heavy atom. The fraction of sp³-hybridized carbons (Fsp3) is 0.750. The van der Waals surface area contributed by atoms with Crippen LogP contribution in [0.1, 0.15) is 25.7 Å². The minimum absolute atomic E-state index is 0.0814. The molecule has 0 aliphatic carbocycles. The summed E-state index contributed by atoms with van der Waals surface area (Å²) >= 11 is 0. The molecule has 1 atom stereocenters. The van der Waals surface area contributed by atoms with Crippen LogP contribution in [-0.4, -0.2) is 43.0 Å². The van der Waals surface area contributed by atoms with E-state index in [4.69, 9.17) is 4.74 Å². The van der Waals surface area contributed by atoms with Crippen molar-refractivity contribution >= 4 is 10.0 Å². The molecule has 1 aromatic rings. The van der Waals surface area contributed by atoms with Gasteiger partial charge in [-0.25, -0.2) is 18.1 Å². The molecule has 1 aromatic heterocycles. The Morgan fingerprint density at radius 3 is 3.00 bits per heavy atom. The maximum atomic E-state index is 11.8. The molecular weight excluding hydrogens is 266 g/mol. The number of aryl methyl sites for hydroxylation is 1. The lowest BCUT2D eigenvalue weighted by atomic mass is 10.1. The van der Waals surface area contributed by atoms with Gasteiger partial charge in [-0.05, 0) is 25.7 Å². The van der Waals surface area contributed by atoms with Crippen LogP contribution in [0.4, 0.5) is 0 Å². The highest BCUT2D eigenvalue weighted by Gasteiger charge is 2.21. The number of hydrogen-bond acceptors (Lipinski definition) is 4. The lowest BCUT2D eigenvalue weighted by molar-refractivity contribution is 0.0304. The summed E-state index contributed by atoms with van der Waals surface area (Å²) < 4.78 is 33.7. The van der Waals surface area contributed by atoms with Crippen LogP contribution in [0.5, 0.6) is 0 Å². The Balaban J connectivity index is 1.65. The van der Waals surface area contributed by atoms with Gasteiger partial charge in [0.2, 0.25) is 10.0 Å². The van der Waals surface area contributed by atoms with Gasteiger partial charge in [-0.1, -0.05) is 0 Å². The van der Waals surface area contributed by atoms with Crippen molar-refractivity contribution in [2.24, 2.45) is 0 Å². The van der Waals surface area contributed by atoms with E-state index in [1.54, 1.807) is 12.5 Å². The van der Waals surface area contributed by atoms with Gasteiger partial charge < -0.3 is 9.30 Å². The molecular formula is C12H21N3O3S. The Bertz CT molecular complexity index is 453. The van der Waals surface area contributed by atoms with E-state index in [-0.39, 0.29) is 11.9 Å². The molecule has 1 fully saturated rings. The van der Waals surface area contributed by atoms with Crippen molar-refractivity contribution in [1.82, 2.24) is 14.3 Å². The second kappa shape index (κ2) is 7.02. The molecule has 2 rings (SSSR count). The molecule has 0 aromatic carbocycles. The first-order valence-electron chi connectivity index (χ1n) is 6.70. The van der Waals surface area contributed by atoms with Crippen LogP contribution in [0, 0.1) is 0 Å². The van der Waals surface area contributed by atoms with Crippen LogP contribution < -0.4 is 4.72 Å². The zero-order chi connectivity index (χ0) is 13.6. The number of nitrogens with one attached hydrogen (secondary N) is 1. The second-order valence-electron chi connectivity index (χ2n) is 4.82. The predicted octanol–water partition coefficient (Wildman–Crippen LogP) is 0.762. The standard InChI is InChI=1S/C12H21N3O3S/c16-19(17,10-12-4-1-2-9-18-12)14-5-3-7-15-8-6-13-11-15/h6,8,11-12,14H,1-5,7,9-10H2/t12-/m1/s1. The minimum Gasteiger partial charge on any atom is -0.377 e. The van der Waals surface area contributed by atoms with Gasteiger partial charge in [0.05, 0.1) is 18.2 Å². The second-order valence-corrected chi connectivity index (χ2v) is 6.67. The molecule has 6 nitrogen and oxygen atoms in total. The summed E-state index contributed by atoms with van der Waals surface area (Å²) in [5.74, 6) is 0.0814. The highest BCUT2D eigenvalue weighted by molar-refractivity contribution is 7.89. The molecule has 19 heavy (non-hydrogen) atoms. The van der Waals surface area contributed by atoms with Crippen molar-refractivity contribution in [1.29, 1.82) is 0 Å². The van der Waals surface area contributed by atoms with E-state index in [2.05, 4.69) is 9.71 Å². The molecule has 1 N–H and O–H groups in total. The molecule has 0 radical (unpaired) electrons. The summed E-state index contributed by atoms with van der Waals surface area (Å²) in [6.07, 6.45) is 8.85. The SMILES string of the molecule is O=S(=O)(C[C@H]1CCCCO1)NCCCn1ccnc1. The largest absolute Gasteiger partial charge is 0.377 e. The van der Waals surface area contributed by atoms with E-state index < -0.39 is 10.0 Å². The Morgan fingerprint density at radius 1 is 1.42 bits per heavy atom. The van der Waals surface area contributed by atoms with Gasteiger partial charge in [-0.15, -0.1) is 0 Å². The topological polar surface area (TPSA) is 73.2 Å².